The molecule has 3 nitrogen and oxygen atoms in total. The van der Waals surface area contributed by atoms with E-state index in [1.54, 1.807) is 13.2 Å². The second-order valence-corrected chi connectivity index (χ2v) is 8.57. The van der Waals surface area contributed by atoms with Gasteiger partial charge in [-0.3, -0.25) is 4.79 Å². The van der Waals surface area contributed by atoms with Gasteiger partial charge in [-0.05, 0) is 91.9 Å². The van der Waals surface area contributed by atoms with Gasteiger partial charge in [0.15, 0.2) is 0 Å². The molecule has 4 aliphatic carbocycles. The zero-order valence-corrected chi connectivity index (χ0v) is 15.2. The van der Waals surface area contributed by atoms with Crippen LogP contribution in [0.2, 0.25) is 0 Å². The first kappa shape index (κ1) is 16.7. The third-order valence-corrected chi connectivity index (χ3v) is 6.66. The van der Waals surface area contributed by atoms with Crippen LogP contribution in [0.4, 0.5) is 0 Å². The number of amides is 1. The standard InChI is InChI=1S/C22H29NO2/c1-25-20-5-2-16(3-6-20)4-7-21(24)23-9-8-22-13-17-10-18(14-22)12-19(11-17)15-22/h2-7,17-19H,8-15H2,1H3,(H,23,24). The fraction of sp³-hybridized carbons (Fsp3) is 0.591. The van der Waals surface area contributed by atoms with Gasteiger partial charge in [-0.15, -0.1) is 0 Å². The Morgan fingerprint density at radius 3 is 2.28 bits per heavy atom. The molecular formula is C22H29NO2. The summed E-state index contributed by atoms with van der Waals surface area (Å²) in [5.41, 5.74) is 1.55. The molecule has 1 aromatic rings. The Labute approximate surface area is 150 Å². The lowest BCUT2D eigenvalue weighted by Crippen LogP contribution is -2.47. The molecule has 1 aromatic carbocycles. The van der Waals surface area contributed by atoms with Crippen molar-refractivity contribution < 1.29 is 9.53 Å². The Bertz CT molecular complexity index is 611. The molecule has 0 aliphatic heterocycles. The summed E-state index contributed by atoms with van der Waals surface area (Å²) in [6.07, 6.45) is 13.4. The number of hydrogen-bond acceptors (Lipinski definition) is 2. The zero-order chi connectivity index (χ0) is 17.3. The van der Waals surface area contributed by atoms with Crippen LogP contribution in [0.25, 0.3) is 6.08 Å². The number of carbonyl (C=O) groups is 1. The average Bonchev–Trinajstić information content (AvgIpc) is 2.59. The van der Waals surface area contributed by atoms with E-state index in [1.165, 1.54) is 44.9 Å². The maximum Gasteiger partial charge on any atom is 0.243 e. The van der Waals surface area contributed by atoms with Gasteiger partial charge in [0.1, 0.15) is 5.75 Å². The highest BCUT2D eigenvalue weighted by atomic mass is 16.5. The van der Waals surface area contributed by atoms with Crippen LogP contribution < -0.4 is 10.1 Å². The van der Waals surface area contributed by atoms with Crippen molar-refractivity contribution in [2.45, 2.75) is 44.9 Å². The van der Waals surface area contributed by atoms with E-state index < -0.39 is 0 Å². The highest BCUT2D eigenvalue weighted by Crippen LogP contribution is 2.61. The maximum atomic E-state index is 12.1. The summed E-state index contributed by atoms with van der Waals surface area (Å²) in [6.45, 7) is 0.817. The molecule has 25 heavy (non-hydrogen) atoms. The van der Waals surface area contributed by atoms with Gasteiger partial charge in [0.25, 0.3) is 0 Å². The van der Waals surface area contributed by atoms with Crippen molar-refractivity contribution >= 4 is 12.0 Å². The molecule has 0 saturated heterocycles. The summed E-state index contributed by atoms with van der Waals surface area (Å²) < 4.78 is 5.15. The van der Waals surface area contributed by atoms with E-state index in [0.29, 0.717) is 5.41 Å². The second-order valence-electron chi connectivity index (χ2n) is 8.57. The molecule has 1 N–H and O–H groups in total. The first-order valence-corrected chi connectivity index (χ1v) is 9.74. The van der Waals surface area contributed by atoms with Gasteiger partial charge in [-0.1, -0.05) is 12.1 Å². The molecule has 0 aromatic heterocycles. The Morgan fingerprint density at radius 1 is 1.12 bits per heavy atom. The van der Waals surface area contributed by atoms with Crippen LogP contribution in [-0.4, -0.2) is 19.6 Å². The van der Waals surface area contributed by atoms with Crippen LogP contribution in [0.15, 0.2) is 30.3 Å². The Balaban J connectivity index is 1.25. The predicted molar refractivity (Wildman–Crippen MR) is 100 cm³/mol. The highest BCUT2D eigenvalue weighted by molar-refractivity contribution is 5.91. The van der Waals surface area contributed by atoms with E-state index >= 15 is 0 Å². The Morgan fingerprint density at radius 2 is 1.72 bits per heavy atom. The number of carbonyl (C=O) groups excluding carboxylic acids is 1. The van der Waals surface area contributed by atoms with Crippen LogP contribution >= 0.6 is 0 Å². The molecule has 4 saturated carbocycles. The van der Waals surface area contributed by atoms with Crippen LogP contribution in [0.1, 0.15) is 50.5 Å². The van der Waals surface area contributed by atoms with E-state index in [4.69, 9.17) is 4.74 Å². The molecule has 0 atom stereocenters. The third-order valence-electron chi connectivity index (χ3n) is 6.66. The number of nitrogens with one attached hydrogen (secondary N) is 1. The van der Waals surface area contributed by atoms with Crippen LogP contribution in [0.5, 0.6) is 5.75 Å². The van der Waals surface area contributed by atoms with E-state index in [9.17, 15) is 4.79 Å². The normalized spacial score (nSPS) is 32.9. The molecule has 4 fully saturated rings. The minimum atomic E-state index is 0.0144. The third kappa shape index (κ3) is 3.75. The molecule has 5 rings (SSSR count). The lowest BCUT2D eigenvalue weighted by molar-refractivity contribution is -0.116. The molecule has 4 bridgehead atoms. The topological polar surface area (TPSA) is 38.3 Å². The Kier molecular flexibility index (Phi) is 4.58. The van der Waals surface area contributed by atoms with Crippen molar-refractivity contribution in [1.29, 1.82) is 0 Å². The van der Waals surface area contributed by atoms with Gasteiger partial charge in [0.05, 0.1) is 7.11 Å². The van der Waals surface area contributed by atoms with Crippen molar-refractivity contribution in [1.82, 2.24) is 5.32 Å². The van der Waals surface area contributed by atoms with Crippen LogP contribution in [0, 0.1) is 23.2 Å². The van der Waals surface area contributed by atoms with Crippen molar-refractivity contribution in [2.75, 3.05) is 13.7 Å². The summed E-state index contributed by atoms with van der Waals surface area (Å²) >= 11 is 0. The largest absolute Gasteiger partial charge is 0.497 e. The second kappa shape index (κ2) is 6.86. The van der Waals surface area contributed by atoms with Gasteiger partial charge in [0, 0.05) is 12.6 Å². The molecule has 4 aliphatic rings. The van der Waals surface area contributed by atoms with Gasteiger partial charge in [-0.2, -0.15) is 0 Å². The first-order valence-electron chi connectivity index (χ1n) is 9.74. The van der Waals surface area contributed by atoms with Gasteiger partial charge >= 0.3 is 0 Å². The van der Waals surface area contributed by atoms with Crippen molar-refractivity contribution in [3.05, 3.63) is 35.9 Å². The zero-order valence-electron chi connectivity index (χ0n) is 15.2. The van der Waals surface area contributed by atoms with Gasteiger partial charge in [-0.25, -0.2) is 0 Å². The fourth-order valence-electron chi connectivity index (χ4n) is 5.99. The van der Waals surface area contributed by atoms with Gasteiger partial charge < -0.3 is 10.1 Å². The summed E-state index contributed by atoms with van der Waals surface area (Å²) in [5, 5.41) is 3.10. The van der Waals surface area contributed by atoms with Crippen molar-refractivity contribution in [3.63, 3.8) is 0 Å². The predicted octanol–water partition coefficient (Wildman–Crippen LogP) is 4.43. The first-order chi connectivity index (χ1) is 12.1. The molecule has 0 unspecified atom stereocenters. The minimum absolute atomic E-state index is 0.0144. The summed E-state index contributed by atoms with van der Waals surface area (Å²) in [4.78, 5) is 12.1. The number of methoxy groups -OCH3 is 1. The fourth-order valence-corrected chi connectivity index (χ4v) is 5.99. The molecule has 0 spiro atoms. The van der Waals surface area contributed by atoms with E-state index in [0.717, 1.165) is 35.6 Å². The molecular weight excluding hydrogens is 310 g/mol. The summed E-state index contributed by atoms with van der Waals surface area (Å²) in [7, 11) is 1.65. The Hall–Kier alpha value is -1.77. The average molecular weight is 339 g/mol. The monoisotopic (exact) mass is 339 g/mol. The smallest absolute Gasteiger partial charge is 0.243 e. The van der Waals surface area contributed by atoms with E-state index in [1.807, 2.05) is 30.3 Å². The number of ether oxygens (including phenoxy) is 1. The summed E-state index contributed by atoms with van der Waals surface area (Å²) in [5.74, 6) is 3.79. The van der Waals surface area contributed by atoms with Crippen LogP contribution in [0.3, 0.4) is 0 Å². The molecule has 0 radical (unpaired) electrons. The van der Waals surface area contributed by atoms with E-state index in [2.05, 4.69) is 5.32 Å². The lowest BCUT2D eigenvalue weighted by Gasteiger charge is -2.57. The lowest BCUT2D eigenvalue weighted by atomic mass is 9.49. The quantitative estimate of drug-likeness (QED) is 0.779. The SMILES string of the molecule is COc1ccc(C=CC(=O)NCCC23CC4CC(CC(C4)C2)C3)cc1. The van der Waals surface area contributed by atoms with Gasteiger partial charge in [0.2, 0.25) is 5.91 Å². The highest BCUT2D eigenvalue weighted by Gasteiger charge is 2.50. The molecule has 3 heteroatoms. The summed E-state index contributed by atoms with van der Waals surface area (Å²) in [6, 6.07) is 7.73. The molecule has 1 amide bonds. The maximum absolute atomic E-state index is 12.1. The molecule has 134 valence electrons. The molecule has 0 heterocycles. The van der Waals surface area contributed by atoms with Crippen LogP contribution in [-0.2, 0) is 4.79 Å². The number of rotatable bonds is 6. The van der Waals surface area contributed by atoms with Crippen molar-refractivity contribution in [2.24, 2.45) is 23.2 Å². The number of benzene rings is 1. The number of hydrogen-bond donors (Lipinski definition) is 1. The minimum Gasteiger partial charge on any atom is -0.497 e. The van der Waals surface area contributed by atoms with Crippen molar-refractivity contribution in [3.8, 4) is 5.75 Å². The van der Waals surface area contributed by atoms with E-state index in [-0.39, 0.29) is 5.91 Å².